The van der Waals surface area contributed by atoms with Gasteiger partial charge < -0.3 is 5.32 Å². The second-order valence-electron chi connectivity index (χ2n) is 3.99. The van der Waals surface area contributed by atoms with Gasteiger partial charge in [0, 0.05) is 0 Å². The van der Waals surface area contributed by atoms with Crippen molar-refractivity contribution < 1.29 is 18.0 Å². The van der Waals surface area contributed by atoms with Crippen LogP contribution in [0.15, 0.2) is 5.29 Å². The van der Waals surface area contributed by atoms with Crippen molar-refractivity contribution in [3.63, 3.8) is 0 Å². The van der Waals surface area contributed by atoms with Crippen molar-refractivity contribution in [2.75, 3.05) is 6.54 Å². The quantitative estimate of drug-likeness (QED) is 0.620. The molecule has 1 saturated carbocycles. The summed E-state index contributed by atoms with van der Waals surface area (Å²) in [5, 5.41) is 4.74. The zero-order valence-corrected chi connectivity index (χ0v) is 9.16. The van der Waals surface area contributed by atoms with E-state index in [1.807, 2.05) is 0 Å². The van der Waals surface area contributed by atoms with Crippen LogP contribution in [0, 0.1) is 4.91 Å². The Morgan fingerprint density at radius 3 is 2.35 bits per heavy atom. The molecule has 0 aliphatic heterocycles. The number of urea groups is 1. The van der Waals surface area contributed by atoms with Crippen LogP contribution in [0.25, 0.3) is 0 Å². The highest BCUT2D eigenvalue weighted by atomic mass is 19.4. The maximum atomic E-state index is 11.9. The lowest BCUT2D eigenvalue weighted by Crippen LogP contribution is -2.46. The monoisotopic (exact) mass is 253 g/mol. The zero-order valence-electron chi connectivity index (χ0n) is 9.16. The maximum Gasteiger partial charge on any atom is 0.405 e. The molecule has 0 atom stereocenters. The molecule has 0 unspecified atom stereocenters. The van der Waals surface area contributed by atoms with E-state index in [0.717, 1.165) is 19.3 Å². The molecule has 1 aliphatic carbocycles. The summed E-state index contributed by atoms with van der Waals surface area (Å²) >= 11 is 0. The highest BCUT2D eigenvalue weighted by molar-refractivity contribution is 5.74. The molecule has 8 heteroatoms. The number of nitroso groups, excluding NO2 is 1. The molecule has 0 saturated heterocycles. The standard InChI is InChI=1S/C9H14F3N3O2/c10-9(11,12)6-13-8(16)15(14-17)7-4-2-1-3-5-7/h7H,1-6H2,(H,13,16). The van der Waals surface area contributed by atoms with Gasteiger partial charge in [-0.15, -0.1) is 4.91 Å². The molecule has 2 amide bonds. The van der Waals surface area contributed by atoms with Gasteiger partial charge in [-0.2, -0.15) is 18.2 Å². The van der Waals surface area contributed by atoms with Gasteiger partial charge in [-0.1, -0.05) is 19.3 Å². The number of hydrogen-bond acceptors (Lipinski definition) is 3. The third kappa shape index (κ3) is 4.58. The lowest BCUT2D eigenvalue weighted by atomic mass is 9.95. The molecule has 1 N–H and O–H groups in total. The molecule has 17 heavy (non-hydrogen) atoms. The molecular weight excluding hydrogens is 239 g/mol. The minimum Gasteiger partial charge on any atom is -0.327 e. The van der Waals surface area contributed by atoms with Crippen LogP contribution in [0.2, 0.25) is 0 Å². The van der Waals surface area contributed by atoms with Crippen LogP contribution in [0.3, 0.4) is 0 Å². The lowest BCUT2D eigenvalue weighted by Gasteiger charge is -2.27. The van der Waals surface area contributed by atoms with Crippen LogP contribution in [-0.4, -0.2) is 29.8 Å². The first-order valence-corrected chi connectivity index (χ1v) is 5.41. The number of nitrogens with one attached hydrogen (secondary N) is 1. The molecule has 1 fully saturated rings. The smallest absolute Gasteiger partial charge is 0.327 e. The average Bonchev–Trinajstić information content (AvgIpc) is 2.28. The molecule has 5 nitrogen and oxygen atoms in total. The topological polar surface area (TPSA) is 61.8 Å². The second-order valence-corrected chi connectivity index (χ2v) is 3.99. The molecule has 0 aromatic rings. The van der Waals surface area contributed by atoms with Crippen molar-refractivity contribution in [1.82, 2.24) is 10.3 Å². The second kappa shape index (κ2) is 5.83. The number of rotatable bonds is 3. The number of halogens is 3. The molecule has 1 aliphatic rings. The van der Waals surface area contributed by atoms with Crippen LogP contribution in [0.1, 0.15) is 32.1 Å². The van der Waals surface area contributed by atoms with Gasteiger partial charge in [0.15, 0.2) is 0 Å². The first-order valence-electron chi connectivity index (χ1n) is 5.41. The first-order chi connectivity index (χ1) is 7.94. The fourth-order valence-electron chi connectivity index (χ4n) is 1.85. The summed E-state index contributed by atoms with van der Waals surface area (Å²) in [7, 11) is 0. The minimum atomic E-state index is -4.49. The predicted octanol–water partition coefficient (Wildman–Crippen LogP) is 2.57. The fourth-order valence-corrected chi connectivity index (χ4v) is 1.85. The van der Waals surface area contributed by atoms with E-state index in [4.69, 9.17) is 0 Å². The van der Waals surface area contributed by atoms with Crippen LogP contribution >= 0.6 is 0 Å². The molecule has 0 bridgehead atoms. The average molecular weight is 253 g/mol. The van der Waals surface area contributed by atoms with Crippen LogP contribution in [0.4, 0.5) is 18.0 Å². The Morgan fingerprint density at radius 1 is 1.29 bits per heavy atom. The van der Waals surface area contributed by atoms with Crippen LogP contribution in [0.5, 0.6) is 0 Å². The minimum absolute atomic E-state index is 0.380. The van der Waals surface area contributed by atoms with Crippen molar-refractivity contribution >= 4 is 6.03 Å². The highest BCUT2D eigenvalue weighted by Crippen LogP contribution is 2.23. The number of carbonyl (C=O) groups is 1. The first kappa shape index (κ1) is 13.7. The summed E-state index contributed by atoms with van der Waals surface area (Å²) in [5.41, 5.74) is 0. The van der Waals surface area contributed by atoms with Crippen molar-refractivity contribution in [3.05, 3.63) is 4.91 Å². The van der Waals surface area contributed by atoms with Crippen molar-refractivity contribution in [2.45, 2.75) is 44.3 Å². The van der Waals surface area contributed by atoms with E-state index in [9.17, 15) is 22.9 Å². The van der Waals surface area contributed by atoms with Gasteiger partial charge in [0.25, 0.3) is 0 Å². The van der Waals surface area contributed by atoms with E-state index >= 15 is 0 Å². The van der Waals surface area contributed by atoms with Gasteiger partial charge in [0.1, 0.15) is 6.54 Å². The largest absolute Gasteiger partial charge is 0.405 e. The van der Waals surface area contributed by atoms with Crippen LogP contribution < -0.4 is 5.32 Å². The zero-order chi connectivity index (χ0) is 12.9. The number of alkyl halides is 3. The van der Waals surface area contributed by atoms with E-state index in [1.54, 1.807) is 5.32 Å². The van der Waals surface area contributed by atoms with Gasteiger partial charge in [0.05, 0.1) is 11.3 Å². The predicted molar refractivity (Wildman–Crippen MR) is 54.0 cm³/mol. The summed E-state index contributed by atoms with van der Waals surface area (Å²) in [6.07, 6.45) is -0.576. The number of nitrogens with zero attached hydrogens (tertiary/aromatic N) is 2. The summed E-state index contributed by atoms with van der Waals surface area (Å²) in [5.74, 6) is 0. The maximum absolute atomic E-state index is 11.9. The van der Waals surface area contributed by atoms with Crippen molar-refractivity contribution in [2.24, 2.45) is 5.29 Å². The Bertz CT molecular complexity index is 277. The number of carbonyl (C=O) groups excluding carboxylic acids is 1. The third-order valence-electron chi connectivity index (χ3n) is 2.66. The molecule has 0 aromatic heterocycles. The van der Waals surface area contributed by atoms with E-state index in [-0.39, 0.29) is 6.04 Å². The van der Waals surface area contributed by atoms with Crippen LogP contribution in [-0.2, 0) is 0 Å². The summed E-state index contributed by atoms with van der Waals surface area (Å²) in [6, 6.07) is -1.46. The van der Waals surface area contributed by atoms with Crippen molar-refractivity contribution in [1.29, 1.82) is 0 Å². The lowest BCUT2D eigenvalue weighted by molar-refractivity contribution is -0.123. The molecule has 0 radical (unpaired) electrons. The normalized spacial score (nSPS) is 17.6. The summed E-state index contributed by atoms with van der Waals surface area (Å²) < 4.78 is 35.7. The molecular formula is C9H14F3N3O2. The molecule has 98 valence electrons. The Hall–Kier alpha value is -1.34. The molecule has 1 rings (SSSR count). The SMILES string of the molecule is O=NN(C(=O)NCC(F)(F)F)C1CCCCC1. The Morgan fingerprint density at radius 2 is 1.88 bits per heavy atom. The third-order valence-corrected chi connectivity index (χ3v) is 2.66. The molecule has 0 aromatic carbocycles. The summed E-state index contributed by atoms with van der Waals surface area (Å²) in [6.45, 7) is -1.45. The van der Waals surface area contributed by atoms with E-state index in [1.165, 1.54) is 0 Å². The van der Waals surface area contributed by atoms with Gasteiger partial charge in [-0.3, -0.25) is 0 Å². The Balaban J connectivity index is 2.48. The highest BCUT2D eigenvalue weighted by Gasteiger charge is 2.31. The molecule has 0 spiro atoms. The molecule has 0 heterocycles. The van der Waals surface area contributed by atoms with Gasteiger partial charge in [-0.05, 0) is 12.8 Å². The summed E-state index contributed by atoms with van der Waals surface area (Å²) in [4.78, 5) is 21.8. The van der Waals surface area contributed by atoms with E-state index < -0.39 is 18.8 Å². The van der Waals surface area contributed by atoms with Crippen molar-refractivity contribution in [3.8, 4) is 0 Å². The Labute approximate surface area is 96.3 Å². The Kier molecular flexibility index (Phi) is 4.71. The fraction of sp³-hybridized carbons (Fsp3) is 0.889. The number of amides is 2. The van der Waals surface area contributed by atoms with E-state index in [2.05, 4.69) is 5.29 Å². The van der Waals surface area contributed by atoms with Gasteiger partial charge in [0.2, 0.25) is 0 Å². The number of hydrogen-bond donors (Lipinski definition) is 1. The van der Waals surface area contributed by atoms with Gasteiger partial charge >= 0.3 is 12.2 Å². The van der Waals surface area contributed by atoms with Gasteiger partial charge in [-0.25, -0.2) is 4.79 Å². The van der Waals surface area contributed by atoms with E-state index in [0.29, 0.717) is 17.9 Å².